The van der Waals surface area contributed by atoms with E-state index in [0.717, 1.165) is 17.8 Å². The van der Waals surface area contributed by atoms with Gasteiger partial charge in [-0.1, -0.05) is 36.4 Å². The van der Waals surface area contributed by atoms with Gasteiger partial charge >= 0.3 is 0 Å². The number of dihydropyridines is 1. The van der Waals surface area contributed by atoms with Gasteiger partial charge in [-0.3, -0.25) is 9.98 Å². The van der Waals surface area contributed by atoms with Crippen molar-refractivity contribution in [1.82, 2.24) is 0 Å². The maximum absolute atomic E-state index is 4.67. The highest BCUT2D eigenvalue weighted by Crippen LogP contribution is 2.28. The summed E-state index contributed by atoms with van der Waals surface area (Å²) in [5.41, 5.74) is 4.73. The highest BCUT2D eigenvalue weighted by Gasteiger charge is 2.22. The summed E-state index contributed by atoms with van der Waals surface area (Å²) in [6, 6.07) is 9.64. The number of para-hydroxylation sites is 1. The maximum atomic E-state index is 4.67. The predicted octanol–water partition coefficient (Wildman–Crippen LogP) is 5.07. The van der Waals surface area contributed by atoms with Gasteiger partial charge in [0.1, 0.15) is 0 Å². The molecule has 1 aliphatic carbocycles. The number of allylic oxidation sites excluding steroid dienone is 5. The molecule has 0 aromatic heterocycles. The van der Waals surface area contributed by atoms with Crippen LogP contribution < -0.4 is 0 Å². The Kier molecular flexibility index (Phi) is 4.69. The van der Waals surface area contributed by atoms with Gasteiger partial charge in [0.05, 0.1) is 16.9 Å². The van der Waals surface area contributed by atoms with Gasteiger partial charge in [0.15, 0.2) is 0 Å². The van der Waals surface area contributed by atoms with Crippen LogP contribution in [0.3, 0.4) is 0 Å². The zero-order chi connectivity index (χ0) is 15.3. The Morgan fingerprint density at radius 2 is 1.90 bits per heavy atom. The molecule has 1 aromatic rings. The van der Waals surface area contributed by atoms with Crippen LogP contribution in [-0.2, 0) is 0 Å². The molecule has 1 aromatic carbocycles. The molecule has 0 bridgehead atoms. The van der Waals surface area contributed by atoms with Gasteiger partial charge < -0.3 is 0 Å². The first kappa shape index (κ1) is 15.2. The van der Waals surface area contributed by atoms with Gasteiger partial charge in [0.2, 0.25) is 0 Å². The van der Waals surface area contributed by atoms with Crippen LogP contribution in [0.2, 0.25) is 0 Å². The Bertz CT molecular complexity index is 629. The number of nitrogens with zero attached hydrogens (tertiary/aromatic N) is 2. The monoisotopic (exact) mass is 278 g/mol. The van der Waals surface area contributed by atoms with Crippen molar-refractivity contribution in [1.29, 1.82) is 0 Å². The van der Waals surface area contributed by atoms with Gasteiger partial charge in [-0.05, 0) is 63.3 Å². The van der Waals surface area contributed by atoms with E-state index < -0.39 is 0 Å². The van der Waals surface area contributed by atoms with E-state index in [9.17, 15) is 0 Å². The van der Waals surface area contributed by atoms with Gasteiger partial charge in [0, 0.05) is 0 Å². The molecule has 108 valence electrons. The van der Waals surface area contributed by atoms with Gasteiger partial charge in [-0.25, -0.2) is 0 Å². The van der Waals surface area contributed by atoms with Crippen LogP contribution in [0.1, 0.15) is 27.2 Å². The topological polar surface area (TPSA) is 24.7 Å². The van der Waals surface area contributed by atoms with Crippen LogP contribution in [0.15, 0.2) is 75.8 Å². The SMILES string of the molecule is C=Nc1ccccc1.CC1=CC(C)(C)N=C2C=CCC=C12. The van der Waals surface area contributed by atoms with Gasteiger partial charge in [-0.2, -0.15) is 0 Å². The Balaban J connectivity index is 0.000000173. The summed E-state index contributed by atoms with van der Waals surface area (Å²) in [4.78, 5) is 8.39. The fourth-order valence-electron chi connectivity index (χ4n) is 2.50. The van der Waals surface area contributed by atoms with Crippen molar-refractivity contribution in [3.8, 4) is 0 Å². The van der Waals surface area contributed by atoms with E-state index in [0.29, 0.717) is 0 Å². The van der Waals surface area contributed by atoms with Crippen LogP contribution in [0.25, 0.3) is 0 Å². The Morgan fingerprint density at radius 1 is 1.19 bits per heavy atom. The van der Waals surface area contributed by atoms with Crippen LogP contribution in [0.5, 0.6) is 0 Å². The average Bonchev–Trinajstić information content (AvgIpc) is 2.47. The molecule has 1 aliphatic heterocycles. The highest BCUT2D eigenvalue weighted by atomic mass is 14.9. The van der Waals surface area contributed by atoms with Crippen molar-refractivity contribution in [2.24, 2.45) is 9.98 Å². The molecule has 0 radical (unpaired) electrons. The van der Waals surface area contributed by atoms with Crippen molar-refractivity contribution in [2.45, 2.75) is 32.7 Å². The molecule has 0 unspecified atom stereocenters. The van der Waals surface area contributed by atoms with E-state index >= 15 is 0 Å². The molecular weight excluding hydrogens is 256 g/mol. The first-order valence-electron chi connectivity index (χ1n) is 7.20. The van der Waals surface area contributed by atoms with Crippen molar-refractivity contribution in [2.75, 3.05) is 0 Å². The normalized spacial score (nSPS) is 18.3. The minimum Gasteiger partial charge on any atom is -0.275 e. The van der Waals surface area contributed by atoms with Crippen LogP contribution in [0, 0.1) is 0 Å². The molecule has 0 saturated heterocycles. The highest BCUT2D eigenvalue weighted by molar-refractivity contribution is 6.13. The molecule has 2 heteroatoms. The smallest absolute Gasteiger partial charge is 0.0744 e. The second kappa shape index (κ2) is 6.49. The lowest BCUT2D eigenvalue weighted by Gasteiger charge is -2.26. The van der Waals surface area contributed by atoms with Gasteiger partial charge in [-0.15, -0.1) is 0 Å². The minimum atomic E-state index is -0.0293. The van der Waals surface area contributed by atoms with Crippen molar-refractivity contribution >= 4 is 18.1 Å². The molecule has 0 fully saturated rings. The van der Waals surface area contributed by atoms with E-state index in [1.165, 1.54) is 11.1 Å². The Hall–Kier alpha value is -2.22. The molecule has 1 heterocycles. The summed E-state index contributed by atoms with van der Waals surface area (Å²) in [7, 11) is 0. The van der Waals surface area contributed by atoms with E-state index in [1.54, 1.807) is 0 Å². The fourth-order valence-corrected chi connectivity index (χ4v) is 2.50. The molecule has 0 spiro atoms. The zero-order valence-electron chi connectivity index (χ0n) is 13.0. The standard InChI is InChI=1S/C12H15N.C7H7N/c1-9-8-12(2,3)13-11-7-5-4-6-10(9)11;1-8-7-5-3-2-4-6-7/h5-8H,4H2,1-3H3;2-6H,1H2. The lowest BCUT2D eigenvalue weighted by molar-refractivity contribution is 0.648. The molecule has 0 atom stereocenters. The number of aliphatic imine (C=N–C) groups is 2. The minimum absolute atomic E-state index is 0.0293. The summed E-state index contributed by atoms with van der Waals surface area (Å²) in [5, 5.41) is 0. The number of benzene rings is 1. The Morgan fingerprint density at radius 3 is 2.52 bits per heavy atom. The number of fused-ring (bicyclic) bond motifs is 1. The van der Waals surface area contributed by atoms with Crippen LogP contribution in [0.4, 0.5) is 5.69 Å². The molecule has 3 rings (SSSR count). The first-order chi connectivity index (χ1) is 10.0. The summed E-state index contributed by atoms with van der Waals surface area (Å²) in [6.45, 7) is 9.83. The molecule has 0 saturated carbocycles. The number of hydrogen-bond acceptors (Lipinski definition) is 2. The molecule has 21 heavy (non-hydrogen) atoms. The maximum Gasteiger partial charge on any atom is 0.0744 e. The van der Waals surface area contributed by atoms with Crippen molar-refractivity contribution in [3.05, 3.63) is 65.8 Å². The summed E-state index contributed by atoms with van der Waals surface area (Å²) < 4.78 is 0. The summed E-state index contributed by atoms with van der Waals surface area (Å²) >= 11 is 0. The Labute approximate surface area is 127 Å². The lowest BCUT2D eigenvalue weighted by Crippen LogP contribution is -2.23. The molecule has 0 N–H and O–H groups in total. The van der Waals surface area contributed by atoms with Crippen LogP contribution >= 0.6 is 0 Å². The largest absolute Gasteiger partial charge is 0.275 e. The molecule has 2 nitrogen and oxygen atoms in total. The number of rotatable bonds is 1. The van der Waals surface area contributed by atoms with Crippen molar-refractivity contribution in [3.63, 3.8) is 0 Å². The van der Waals surface area contributed by atoms with Crippen LogP contribution in [-0.4, -0.2) is 18.0 Å². The fraction of sp³-hybridized carbons (Fsp3) is 0.263. The van der Waals surface area contributed by atoms with Crippen molar-refractivity contribution < 1.29 is 0 Å². The molecular formula is C19H22N2. The van der Waals surface area contributed by atoms with E-state index in [4.69, 9.17) is 0 Å². The third-order valence-corrected chi connectivity index (χ3v) is 3.35. The molecule has 2 aliphatic rings. The molecule has 0 amide bonds. The summed E-state index contributed by atoms with van der Waals surface area (Å²) in [6.07, 6.45) is 9.83. The quantitative estimate of drug-likeness (QED) is 0.641. The van der Waals surface area contributed by atoms with E-state index in [-0.39, 0.29) is 5.54 Å². The third kappa shape index (κ3) is 4.12. The first-order valence-corrected chi connectivity index (χ1v) is 7.20. The van der Waals surface area contributed by atoms with E-state index in [1.807, 2.05) is 30.3 Å². The average molecular weight is 278 g/mol. The van der Waals surface area contributed by atoms with Gasteiger partial charge in [0.25, 0.3) is 0 Å². The summed E-state index contributed by atoms with van der Waals surface area (Å²) in [5.74, 6) is 0. The number of hydrogen-bond donors (Lipinski definition) is 0. The third-order valence-electron chi connectivity index (χ3n) is 3.35. The second-order valence-electron chi connectivity index (χ2n) is 5.73. The lowest BCUT2D eigenvalue weighted by atomic mass is 9.88. The second-order valence-corrected chi connectivity index (χ2v) is 5.73. The predicted molar refractivity (Wildman–Crippen MR) is 92.8 cm³/mol. The van der Waals surface area contributed by atoms with E-state index in [2.05, 4.69) is 61.8 Å². The zero-order valence-corrected chi connectivity index (χ0v) is 13.0.